The molecule has 0 heterocycles. The number of aliphatic hydroxyl groups is 2. The molecule has 0 bridgehead atoms. The third kappa shape index (κ3) is 16.0. The van der Waals surface area contributed by atoms with E-state index in [0.717, 1.165) is 12.8 Å². The topological polar surface area (TPSA) is 104 Å². The van der Waals surface area contributed by atoms with Gasteiger partial charge in [-0.05, 0) is 6.42 Å². The van der Waals surface area contributed by atoms with E-state index >= 15 is 0 Å². The fraction of sp³-hybridized carbons (Fsp3) is 0.955. The first-order valence-electron chi connectivity index (χ1n) is 11.3. The van der Waals surface area contributed by atoms with Crippen molar-refractivity contribution in [2.75, 3.05) is 0 Å². The van der Waals surface area contributed by atoms with Gasteiger partial charge in [0, 0.05) is 6.42 Å². The number of hydrogen-bond acceptors (Lipinski definition) is 4. The van der Waals surface area contributed by atoms with Crippen LogP contribution in [0.4, 0.5) is 0 Å². The van der Waals surface area contributed by atoms with Gasteiger partial charge in [0.25, 0.3) is 0 Å². The standard InChI is InChI=1S/C22H45NO4/c1-2-3-4-5-6-7-8-9-10-11-12-13-14-15-16-17-18-22(23,21(26)27)19-20(24)25/h20,24-25H,2-19,23H2,1H3,(H,26,27). The number of carbonyl (C=O) groups is 1. The summed E-state index contributed by atoms with van der Waals surface area (Å²) < 4.78 is 0. The zero-order valence-electron chi connectivity index (χ0n) is 17.6. The number of aliphatic hydroxyl groups excluding tert-OH is 1. The van der Waals surface area contributed by atoms with Crippen LogP contribution in [-0.2, 0) is 4.79 Å². The predicted octanol–water partition coefficient (Wildman–Crippen LogP) is 5.12. The fourth-order valence-corrected chi connectivity index (χ4v) is 3.61. The van der Waals surface area contributed by atoms with Gasteiger partial charge in [-0.25, -0.2) is 0 Å². The molecule has 1 unspecified atom stereocenters. The first-order chi connectivity index (χ1) is 12.9. The molecule has 0 aromatic carbocycles. The lowest BCUT2D eigenvalue weighted by Crippen LogP contribution is -2.50. The summed E-state index contributed by atoms with van der Waals surface area (Å²) in [7, 11) is 0. The highest BCUT2D eigenvalue weighted by molar-refractivity contribution is 5.78. The van der Waals surface area contributed by atoms with Crippen LogP contribution in [0.3, 0.4) is 0 Å². The van der Waals surface area contributed by atoms with Gasteiger partial charge in [0.1, 0.15) is 5.54 Å². The van der Waals surface area contributed by atoms with Crippen LogP contribution in [-0.4, -0.2) is 33.1 Å². The fourth-order valence-electron chi connectivity index (χ4n) is 3.61. The van der Waals surface area contributed by atoms with Gasteiger partial charge in [0.05, 0.1) is 0 Å². The Kier molecular flexibility index (Phi) is 17.0. The molecule has 0 saturated carbocycles. The minimum Gasteiger partial charge on any atom is -0.480 e. The average Bonchev–Trinajstić information content (AvgIpc) is 2.60. The Bertz CT molecular complexity index is 349. The maximum absolute atomic E-state index is 11.2. The van der Waals surface area contributed by atoms with Crippen molar-refractivity contribution in [1.82, 2.24) is 0 Å². The predicted molar refractivity (Wildman–Crippen MR) is 112 cm³/mol. The lowest BCUT2D eigenvalue weighted by molar-refractivity contribution is -0.148. The highest BCUT2D eigenvalue weighted by Gasteiger charge is 2.35. The average molecular weight is 388 g/mol. The molecule has 162 valence electrons. The number of hydrogen-bond donors (Lipinski definition) is 4. The maximum atomic E-state index is 11.2. The van der Waals surface area contributed by atoms with Crippen molar-refractivity contribution in [3.63, 3.8) is 0 Å². The molecule has 0 aliphatic carbocycles. The van der Waals surface area contributed by atoms with Crippen LogP contribution in [0.1, 0.15) is 122 Å². The minimum atomic E-state index is -1.67. The van der Waals surface area contributed by atoms with Crippen molar-refractivity contribution in [2.45, 2.75) is 134 Å². The van der Waals surface area contributed by atoms with Crippen LogP contribution < -0.4 is 5.73 Å². The highest BCUT2D eigenvalue weighted by Crippen LogP contribution is 2.20. The molecule has 0 fully saturated rings. The summed E-state index contributed by atoms with van der Waals surface area (Å²) in [5.74, 6) is -1.16. The molecule has 0 rings (SSSR count). The molecule has 0 aliphatic rings. The molecule has 0 aromatic rings. The Hall–Kier alpha value is -0.650. The van der Waals surface area contributed by atoms with Crippen molar-refractivity contribution in [3.8, 4) is 0 Å². The summed E-state index contributed by atoms with van der Waals surface area (Å²) in [6.07, 6.45) is 18.6. The van der Waals surface area contributed by atoms with Crippen molar-refractivity contribution in [2.24, 2.45) is 5.73 Å². The lowest BCUT2D eigenvalue weighted by atomic mass is 9.89. The van der Waals surface area contributed by atoms with E-state index in [1.807, 2.05) is 0 Å². The molecule has 27 heavy (non-hydrogen) atoms. The van der Waals surface area contributed by atoms with Crippen LogP contribution in [0.5, 0.6) is 0 Å². The molecule has 5 heteroatoms. The maximum Gasteiger partial charge on any atom is 0.323 e. The first-order valence-corrected chi connectivity index (χ1v) is 11.3. The second-order valence-electron chi connectivity index (χ2n) is 8.20. The van der Waals surface area contributed by atoms with Gasteiger partial charge in [-0.1, -0.05) is 110 Å². The van der Waals surface area contributed by atoms with E-state index in [2.05, 4.69) is 6.92 Å². The van der Waals surface area contributed by atoms with Crippen molar-refractivity contribution in [3.05, 3.63) is 0 Å². The third-order valence-corrected chi connectivity index (χ3v) is 5.45. The first kappa shape index (κ1) is 26.4. The zero-order chi connectivity index (χ0) is 20.4. The number of nitrogens with two attached hydrogens (primary N) is 1. The van der Waals surface area contributed by atoms with Gasteiger partial charge < -0.3 is 21.1 Å². The normalized spacial score (nSPS) is 13.8. The Morgan fingerprint density at radius 3 is 1.37 bits per heavy atom. The molecule has 0 aromatic heterocycles. The number of aliphatic carboxylic acids is 1. The zero-order valence-corrected chi connectivity index (χ0v) is 17.6. The second-order valence-corrected chi connectivity index (χ2v) is 8.20. The molecule has 0 radical (unpaired) electrons. The van der Waals surface area contributed by atoms with Crippen LogP contribution in [0.25, 0.3) is 0 Å². The molecule has 0 amide bonds. The largest absolute Gasteiger partial charge is 0.480 e. The smallest absolute Gasteiger partial charge is 0.323 e. The van der Waals surface area contributed by atoms with Crippen molar-refractivity contribution >= 4 is 5.97 Å². The number of carboxylic acids is 1. The quantitative estimate of drug-likeness (QED) is 0.171. The van der Waals surface area contributed by atoms with Crippen LogP contribution >= 0.6 is 0 Å². The van der Waals surface area contributed by atoms with E-state index in [-0.39, 0.29) is 6.42 Å². The van der Waals surface area contributed by atoms with E-state index in [9.17, 15) is 4.79 Å². The van der Waals surface area contributed by atoms with Crippen LogP contribution in [0.15, 0.2) is 0 Å². The molecular formula is C22H45NO4. The van der Waals surface area contributed by atoms with Gasteiger partial charge in [-0.2, -0.15) is 0 Å². The second kappa shape index (κ2) is 17.4. The summed E-state index contributed by atoms with van der Waals surface area (Å²) in [6, 6.07) is 0. The summed E-state index contributed by atoms with van der Waals surface area (Å²) in [5, 5.41) is 27.1. The van der Waals surface area contributed by atoms with E-state index in [0.29, 0.717) is 12.8 Å². The number of rotatable bonds is 20. The SMILES string of the molecule is CCCCCCCCCCCCCCCCCCC(N)(CC(O)O)C(=O)O. The minimum absolute atomic E-state index is 0.290. The van der Waals surface area contributed by atoms with Gasteiger partial charge in [-0.3, -0.25) is 4.79 Å². The van der Waals surface area contributed by atoms with E-state index in [1.165, 1.54) is 83.5 Å². The summed E-state index contributed by atoms with van der Waals surface area (Å²) in [6.45, 7) is 2.26. The van der Waals surface area contributed by atoms with Crippen LogP contribution in [0.2, 0.25) is 0 Å². The van der Waals surface area contributed by atoms with Crippen molar-refractivity contribution in [1.29, 1.82) is 0 Å². The summed E-state index contributed by atoms with van der Waals surface area (Å²) in [5.41, 5.74) is 4.26. The number of carboxylic acid groups (broad SMARTS) is 1. The van der Waals surface area contributed by atoms with E-state index in [4.69, 9.17) is 21.1 Å². The molecule has 5 N–H and O–H groups in total. The molecule has 0 saturated heterocycles. The molecule has 0 spiro atoms. The molecule has 5 nitrogen and oxygen atoms in total. The Balaban J connectivity index is 3.39. The van der Waals surface area contributed by atoms with Gasteiger partial charge in [-0.15, -0.1) is 0 Å². The van der Waals surface area contributed by atoms with Gasteiger partial charge >= 0.3 is 5.97 Å². The Labute approximate surface area is 166 Å². The summed E-state index contributed by atoms with van der Waals surface area (Å²) >= 11 is 0. The Morgan fingerprint density at radius 1 is 0.741 bits per heavy atom. The van der Waals surface area contributed by atoms with Gasteiger partial charge in [0.2, 0.25) is 0 Å². The molecular weight excluding hydrogens is 342 g/mol. The van der Waals surface area contributed by atoms with E-state index in [1.54, 1.807) is 0 Å². The Morgan fingerprint density at radius 2 is 1.07 bits per heavy atom. The third-order valence-electron chi connectivity index (χ3n) is 5.45. The monoisotopic (exact) mass is 387 g/mol. The lowest BCUT2D eigenvalue weighted by Gasteiger charge is -2.25. The molecule has 1 atom stereocenters. The van der Waals surface area contributed by atoms with E-state index < -0.39 is 17.8 Å². The summed E-state index contributed by atoms with van der Waals surface area (Å²) in [4.78, 5) is 11.2. The van der Waals surface area contributed by atoms with Crippen molar-refractivity contribution < 1.29 is 20.1 Å². The van der Waals surface area contributed by atoms with Gasteiger partial charge in [0.15, 0.2) is 6.29 Å². The molecule has 0 aliphatic heterocycles. The number of unbranched alkanes of at least 4 members (excludes halogenated alkanes) is 15. The van der Waals surface area contributed by atoms with Crippen LogP contribution in [0, 0.1) is 0 Å². The highest BCUT2D eigenvalue weighted by atomic mass is 16.5.